The van der Waals surface area contributed by atoms with E-state index in [-0.39, 0.29) is 25.6 Å². The van der Waals surface area contributed by atoms with Crippen LogP contribution in [0.25, 0.3) is 0 Å². The fraction of sp³-hybridized carbons (Fsp3) is 0.854. The lowest BCUT2D eigenvalue weighted by atomic mass is 9.98. The number of ether oxygens (including phenoxy) is 6. The van der Waals surface area contributed by atoms with Gasteiger partial charge in [0.2, 0.25) is 0 Å². The molecule has 2 rings (SSSR count). The topological polar surface area (TPSA) is 214 Å². The molecule has 2 heterocycles. The van der Waals surface area contributed by atoms with Crippen LogP contribution >= 0.6 is 0 Å². The van der Waals surface area contributed by atoms with Crippen molar-refractivity contribution in [1.82, 2.24) is 0 Å². The smallest absolute Gasteiger partial charge is 0.306 e. The number of aliphatic hydroxyl groups is 7. The monoisotopic (exact) mass is 887 g/mol. The third kappa shape index (κ3) is 24.5. The molecule has 0 aliphatic carbocycles. The van der Waals surface area contributed by atoms with Gasteiger partial charge in [-0.2, -0.15) is 0 Å². The highest BCUT2D eigenvalue weighted by Crippen LogP contribution is 2.26. The Kier molecular flexibility index (Phi) is 33.1. The lowest BCUT2D eigenvalue weighted by Gasteiger charge is -2.42. The predicted molar refractivity (Wildman–Crippen MR) is 238 cm³/mol. The molecule has 2 saturated heterocycles. The fourth-order valence-electron chi connectivity index (χ4n) is 7.41. The van der Waals surface area contributed by atoms with Crippen molar-refractivity contribution >= 4 is 5.97 Å². The molecule has 2 fully saturated rings. The highest BCUT2D eigenvalue weighted by atomic mass is 16.7. The Hall–Kier alpha value is -1.79. The second kappa shape index (κ2) is 36.4. The summed E-state index contributed by atoms with van der Waals surface area (Å²) in [6, 6.07) is 0. The van der Waals surface area contributed by atoms with Crippen LogP contribution in [-0.2, 0) is 33.2 Å². The lowest BCUT2D eigenvalue weighted by Crippen LogP contribution is -2.61. The Bertz CT molecular complexity index is 1170. The Morgan fingerprint density at radius 1 is 0.532 bits per heavy atom. The molecule has 0 aromatic rings. The van der Waals surface area contributed by atoms with Gasteiger partial charge in [0.1, 0.15) is 54.9 Å². The number of allylic oxidation sites excluding steroid dienone is 6. The maximum absolute atomic E-state index is 12.9. The summed E-state index contributed by atoms with van der Waals surface area (Å²) in [4.78, 5) is 12.9. The number of rotatable bonds is 37. The molecule has 62 heavy (non-hydrogen) atoms. The van der Waals surface area contributed by atoms with Crippen molar-refractivity contribution in [2.75, 3.05) is 33.0 Å². The molecule has 0 saturated carbocycles. The normalized spacial score (nSPS) is 27.5. The summed E-state index contributed by atoms with van der Waals surface area (Å²) in [5, 5.41) is 71.9. The van der Waals surface area contributed by atoms with Gasteiger partial charge in [-0.15, -0.1) is 0 Å². The molecule has 2 aliphatic rings. The summed E-state index contributed by atoms with van der Waals surface area (Å²) in [6.07, 6.45) is 22.1. The van der Waals surface area contributed by atoms with Gasteiger partial charge in [0.25, 0.3) is 0 Å². The molecule has 0 aromatic heterocycles. The number of carbonyl (C=O) groups is 1. The molecular weight excluding hydrogens is 801 g/mol. The molecule has 11 unspecified atom stereocenters. The van der Waals surface area contributed by atoms with E-state index >= 15 is 0 Å². The largest absolute Gasteiger partial charge is 0.457 e. The van der Waals surface area contributed by atoms with Gasteiger partial charge in [0, 0.05) is 13.0 Å². The van der Waals surface area contributed by atoms with E-state index in [9.17, 15) is 40.5 Å². The maximum atomic E-state index is 12.9. The van der Waals surface area contributed by atoms with E-state index in [4.69, 9.17) is 28.4 Å². The van der Waals surface area contributed by atoms with Crippen molar-refractivity contribution in [3.8, 4) is 0 Å². The van der Waals surface area contributed by atoms with Gasteiger partial charge in [0.15, 0.2) is 12.6 Å². The second-order valence-corrected chi connectivity index (χ2v) is 16.9. The third-order valence-electron chi connectivity index (χ3n) is 11.4. The molecule has 14 nitrogen and oxygen atoms in total. The summed E-state index contributed by atoms with van der Waals surface area (Å²) < 4.78 is 34.1. The Balaban J connectivity index is 1.77. The number of esters is 1. The molecule has 0 radical (unpaired) electrons. The molecule has 11 atom stereocenters. The van der Waals surface area contributed by atoms with Crippen LogP contribution in [0, 0.1) is 0 Å². The minimum absolute atomic E-state index is 0.0572. The molecule has 0 aromatic carbocycles. The molecule has 14 heteroatoms. The highest BCUT2D eigenvalue weighted by Gasteiger charge is 2.47. The number of carbonyl (C=O) groups excluding carboxylic acids is 1. The average molecular weight is 887 g/mol. The van der Waals surface area contributed by atoms with Gasteiger partial charge in [0.05, 0.1) is 26.4 Å². The van der Waals surface area contributed by atoms with Crippen LogP contribution in [-0.4, -0.2) is 142 Å². The van der Waals surface area contributed by atoms with Gasteiger partial charge in [-0.3, -0.25) is 4.79 Å². The summed E-state index contributed by atoms with van der Waals surface area (Å²) >= 11 is 0. The van der Waals surface area contributed by atoms with Crippen molar-refractivity contribution in [3.05, 3.63) is 36.5 Å². The number of unbranched alkanes of at least 4 members (excludes halogenated alkanes) is 17. The molecule has 7 N–H and O–H groups in total. The van der Waals surface area contributed by atoms with Crippen LogP contribution in [0.2, 0.25) is 0 Å². The van der Waals surface area contributed by atoms with Crippen LogP contribution in [0.4, 0.5) is 0 Å². The van der Waals surface area contributed by atoms with Gasteiger partial charge >= 0.3 is 5.97 Å². The van der Waals surface area contributed by atoms with Gasteiger partial charge in [-0.25, -0.2) is 0 Å². The van der Waals surface area contributed by atoms with Crippen LogP contribution in [0.1, 0.15) is 162 Å². The average Bonchev–Trinajstić information content (AvgIpc) is 3.27. The zero-order valence-electron chi connectivity index (χ0n) is 38.1. The van der Waals surface area contributed by atoms with Crippen LogP contribution in [0.5, 0.6) is 0 Å². The summed E-state index contributed by atoms with van der Waals surface area (Å²) in [5.41, 5.74) is 0. The SMILES string of the molecule is CCCCC/C=C\C/C=C\C/C=C\CCCCCCCCC(=O)OC(COCCCCCCCCCCC)COC1OC(COC2OC(CO)C(O)C(O)C2O)C(O)C(O)C1O. The summed E-state index contributed by atoms with van der Waals surface area (Å²) in [6.45, 7) is 3.61. The summed E-state index contributed by atoms with van der Waals surface area (Å²) in [5.74, 6) is -0.390. The van der Waals surface area contributed by atoms with Gasteiger partial charge < -0.3 is 64.2 Å². The first-order chi connectivity index (χ1) is 30.1. The first-order valence-electron chi connectivity index (χ1n) is 24.1. The van der Waals surface area contributed by atoms with Gasteiger partial charge in [-0.1, -0.05) is 140 Å². The molecule has 2 aliphatic heterocycles. The van der Waals surface area contributed by atoms with Crippen molar-refractivity contribution in [1.29, 1.82) is 0 Å². The first kappa shape index (κ1) is 56.3. The predicted octanol–water partition coefficient (Wildman–Crippen LogP) is 6.24. The Labute approximate surface area is 372 Å². The van der Waals surface area contributed by atoms with E-state index in [0.29, 0.717) is 13.0 Å². The first-order valence-corrected chi connectivity index (χ1v) is 24.1. The van der Waals surface area contributed by atoms with Crippen molar-refractivity contribution < 1.29 is 69.0 Å². The lowest BCUT2D eigenvalue weighted by molar-refractivity contribution is -0.332. The van der Waals surface area contributed by atoms with Gasteiger partial charge in [-0.05, 0) is 51.4 Å². The maximum Gasteiger partial charge on any atom is 0.306 e. The standard InChI is InChI=1S/C48H86O14/c1-3-5-7-9-11-13-14-15-16-17-18-19-20-21-22-23-25-27-29-31-40(50)60-37(34-57-32-30-28-26-24-12-10-8-6-4-2)35-58-47-46(56)44(54)42(52)39(62-47)36-59-48-45(55)43(53)41(51)38(33-49)61-48/h11,13,15-16,18-19,37-39,41-49,51-56H,3-10,12,14,17,20-36H2,1-2H3/b13-11-,16-15-,19-18-. The van der Waals surface area contributed by atoms with Crippen molar-refractivity contribution in [2.45, 2.75) is 229 Å². The third-order valence-corrected chi connectivity index (χ3v) is 11.4. The number of hydrogen-bond donors (Lipinski definition) is 7. The van der Waals surface area contributed by atoms with Crippen LogP contribution in [0.15, 0.2) is 36.5 Å². The van der Waals surface area contributed by atoms with E-state index < -0.39 is 80.7 Å². The Morgan fingerprint density at radius 2 is 1.00 bits per heavy atom. The second-order valence-electron chi connectivity index (χ2n) is 16.9. The molecular formula is C48H86O14. The van der Waals surface area contributed by atoms with E-state index in [1.165, 1.54) is 64.2 Å². The summed E-state index contributed by atoms with van der Waals surface area (Å²) in [7, 11) is 0. The molecule has 0 bridgehead atoms. The zero-order chi connectivity index (χ0) is 45.2. The van der Waals surface area contributed by atoms with E-state index in [1.807, 2.05) is 0 Å². The van der Waals surface area contributed by atoms with E-state index in [2.05, 4.69) is 50.3 Å². The zero-order valence-corrected chi connectivity index (χ0v) is 38.1. The Morgan fingerprint density at radius 3 is 1.60 bits per heavy atom. The number of hydrogen-bond acceptors (Lipinski definition) is 14. The minimum atomic E-state index is -1.71. The van der Waals surface area contributed by atoms with Crippen molar-refractivity contribution in [3.63, 3.8) is 0 Å². The minimum Gasteiger partial charge on any atom is -0.457 e. The molecule has 362 valence electrons. The van der Waals surface area contributed by atoms with E-state index in [1.54, 1.807) is 0 Å². The van der Waals surface area contributed by atoms with Crippen LogP contribution in [0.3, 0.4) is 0 Å². The van der Waals surface area contributed by atoms with Crippen molar-refractivity contribution in [2.24, 2.45) is 0 Å². The molecule has 0 amide bonds. The quantitative estimate of drug-likeness (QED) is 0.0209. The fourth-order valence-corrected chi connectivity index (χ4v) is 7.41. The highest BCUT2D eigenvalue weighted by molar-refractivity contribution is 5.69. The van der Waals surface area contributed by atoms with E-state index in [0.717, 1.165) is 70.6 Å². The molecule has 0 spiro atoms. The number of aliphatic hydroxyl groups excluding tert-OH is 7. The van der Waals surface area contributed by atoms with Crippen LogP contribution < -0.4 is 0 Å².